The number of hydrogen-bond donors (Lipinski definition) is 1. The second kappa shape index (κ2) is 5.63. The molecule has 0 saturated carbocycles. The van der Waals surface area contributed by atoms with E-state index in [-0.39, 0.29) is 5.41 Å². The highest BCUT2D eigenvalue weighted by Gasteiger charge is 2.20. The Morgan fingerprint density at radius 3 is 2.60 bits per heavy atom. The Morgan fingerprint density at radius 1 is 1.20 bits per heavy atom. The largest absolute Gasteiger partial charge is 0.438 e. The van der Waals surface area contributed by atoms with E-state index < -0.39 is 0 Å². The van der Waals surface area contributed by atoms with Crippen molar-refractivity contribution in [2.45, 2.75) is 39.7 Å². The summed E-state index contributed by atoms with van der Waals surface area (Å²) in [7, 11) is 0. The van der Waals surface area contributed by atoms with E-state index in [1.807, 2.05) is 18.2 Å². The highest BCUT2D eigenvalue weighted by Crippen LogP contribution is 2.35. The number of aryl methyl sites for hydroxylation is 1. The number of pyridine rings is 1. The summed E-state index contributed by atoms with van der Waals surface area (Å²) in [6.07, 6.45) is 1.72. The smallest absolute Gasteiger partial charge is 0.223 e. The molecule has 0 aliphatic heterocycles. The Hall–Kier alpha value is -1.87. The zero-order chi connectivity index (χ0) is 14.8. The number of nitrogens with two attached hydrogens (primary N) is 1. The molecule has 2 N–H and O–H groups in total. The fourth-order valence-corrected chi connectivity index (χ4v) is 2.09. The normalized spacial score (nSPS) is 11.4. The van der Waals surface area contributed by atoms with Crippen LogP contribution in [0.15, 0.2) is 36.5 Å². The van der Waals surface area contributed by atoms with Crippen LogP contribution in [0.2, 0.25) is 0 Å². The summed E-state index contributed by atoms with van der Waals surface area (Å²) < 4.78 is 6.02. The monoisotopic (exact) mass is 270 g/mol. The van der Waals surface area contributed by atoms with E-state index in [9.17, 15) is 0 Å². The van der Waals surface area contributed by atoms with Gasteiger partial charge in [-0.05, 0) is 24.5 Å². The molecule has 0 aliphatic carbocycles. The zero-order valence-electron chi connectivity index (χ0n) is 12.6. The van der Waals surface area contributed by atoms with Gasteiger partial charge < -0.3 is 10.5 Å². The Labute approximate surface area is 120 Å². The van der Waals surface area contributed by atoms with Gasteiger partial charge in [-0.15, -0.1) is 0 Å². The molecule has 3 heteroatoms. The molecule has 3 nitrogen and oxygen atoms in total. The van der Waals surface area contributed by atoms with Crippen LogP contribution in [-0.2, 0) is 12.0 Å². The zero-order valence-corrected chi connectivity index (χ0v) is 12.6. The SMILES string of the molecule is Cc1ccc(Oc2ncccc2CN)c(C(C)(C)C)c1. The third-order valence-corrected chi connectivity index (χ3v) is 3.22. The Kier molecular flexibility index (Phi) is 4.09. The topological polar surface area (TPSA) is 48.1 Å². The van der Waals surface area contributed by atoms with Crippen LogP contribution < -0.4 is 10.5 Å². The number of hydrogen-bond acceptors (Lipinski definition) is 3. The van der Waals surface area contributed by atoms with Crippen molar-refractivity contribution in [1.29, 1.82) is 0 Å². The number of rotatable bonds is 3. The Bertz CT molecular complexity index is 600. The number of aromatic nitrogens is 1. The van der Waals surface area contributed by atoms with E-state index in [2.05, 4.69) is 44.8 Å². The van der Waals surface area contributed by atoms with Gasteiger partial charge in [0.1, 0.15) is 5.75 Å². The van der Waals surface area contributed by atoms with Crippen LogP contribution in [0.4, 0.5) is 0 Å². The number of nitrogens with zero attached hydrogens (tertiary/aromatic N) is 1. The first kappa shape index (κ1) is 14.5. The highest BCUT2D eigenvalue weighted by molar-refractivity contribution is 5.44. The number of benzene rings is 1. The molecule has 1 heterocycles. The van der Waals surface area contributed by atoms with E-state index >= 15 is 0 Å². The minimum absolute atomic E-state index is 0.0129. The van der Waals surface area contributed by atoms with Gasteiger partial charge in [-0.3, -0.25) is 0 Å². The van der Waals surface area contributed by atoms with Crippen LogP contribution in [0.5, 0.6) is 11.6 Å². The van der Waals surface area contributed by atoms with Gasteiger partial charge >= 0.3 is 0 Å². The lowest BCUT2D eigenvalue weighted by Crippen LogP contribution is -2.13. The first-order valence-electron chi connectivity index (χ1n) is 6.85. The van der Waals surface area contributed by atoms with Crippen molar-refractivity contribution in [2.24, 2.45) is 5.73 Å². The summed E-state index contributed by atoms with van der Waals surface area (Å²) in [6.45, 7) is 9.04. The maximum Gasteiger partial charge on any atom is 0.223 e. The van der Waals surface area contributed by atoms with Crippen molar-refractivity contribution in [3.63, 3.8) is 0 Å². The molecule has 0 unspecified atom stereocenters. The van der Waals surface area contributed by atoms with Crippen molar-refractivity contribution in [2.75, 3.05) is 0 Å². The van der Waals surface area contributed by atoms with Crippen molar-refractivity contribution < 1.29 is 4.74 Å². The molecule has 20 heavy (non-hydrogen) atoms. The average molecular weight is 270 g/mol. The molecule has 0 fully saturated rings. The molecular formula is C17H22N2O. The van der Waals surface area contributed by atoms with Crippen molar-refractivity contribution in [3.8, 4) is 11.6 Å². The molecule has 0 amide bonds. The summed E-state index contributed by atoms with van der Waals surface area (Å²) in [4.78, 5) is 4.29. The van der Waals surface area contributed by atoms with E-state index in [1.165, 1.54) is 11.1 Å². The van der Waals surface area contributed by atoms with Gasteiger partial charge in [-0.25, -0.2) is 4.98 Å². The molecule has 1 aromatic carbocycles. The molecule has 0 radical (unpaired) electrons. The first-order valence-corrected chi connectivity index (χ1v) is 6.85. The molecule has 0 saturated heterocycles. The summed E-state index contributed by atoms with van der Waals surface area (Å²) in [5.41, 5.74) is 9.05. The van der Waals surface area contributed by atoms with Crippen LogP contribution in [-0.4, -0.2) is 4.98 Å². The van der Waals surface area contributed by atoms with Crippen LogP contribution >= 0.6 is 0 Å². The second-order valence-electron chi connectivity index (χ2n) is 6.02. The van der Waals surface area contributed by atoms with Crippen molar-refractivity contribution >= 4 is 0 Å². The molecule has 2 rings (SSSR count). The molecule has 1 aromatic heterocycles. The quantitative estimate of drug-likeness (QED) is 0.919. The van der Waals surface area contributed by atoms with E-state index in [4.69, 9.17) is 10.5 Å². The van der Waals surface area contributed by atoms with Crippen LogP contribution in [0.3, 0.4) is 0 Å². The van der Waals surface area contributed by atoms with Gasteiger partial charge in [0, 0.05) is 23.9 Å². The van der Waals surface area contributed by atoms with Crippen molar-refractivity contribution in [3.05, 3.63) is 53.2 Å². The standard InChI is InChI=1S/C17H22N2O/c1-12-7-8-15(14(10-12)17(2,3)4)20-16-13(11-18)6-5-9-19-16/h5-10H,11,18H2,1-4H3. The fraction of sp³-hybridized carbons (Fsp3) is 0.353. The second-order valence-corrected chi connectivity index (χ2v) is 6.02. The lowest BCUT2D eigenvalue weighted by Gasteiger charge is -2.23. The molecule has 0 spiro atoms. The van der Waals surface area contributed by atoms with Gasteiger partial charge in [0.15, 0.2) is 0 Å². The van der Waals surface area contributed by atoms with Crippen molar-refractivity contribution in [1.82, 2.24) is 4.98 Å². The molecular weight excluding hydrogens is 248 g/mol. The Morgan fingerprint density at radius 2 is 1.95 bits per heavy atom. The van der Waals surface area contributed by atoms with Crippen LogP contribution in [0, 0.1) is 6.92 Å². The van der Waals surface area contributed by atoms with Gasteiger partial charge in [0.25, 0.3) is 0 Å². The lowest BCUT2D eigenvalue weighted by molar-refractivity contribution is 0.434. The fourth-order valence-electron chi connectivity index (χ4n) is 2.09. The minimum Gasteiger partial charge on any atom is -0.438 e. The molecule has 0 aliphatic rings. The summed E-state index contributed by atoms with van der Waals surface area (Å²) >= 11 is 0. The number of ether oxygens (including phenoxy) is 1. The predicted molar refractivity (Wildman–Crippen MR) is 82.1 cm³/mol. The lowest BCUT2D eigenvalue weighted by atomic mass is 9.85. The van der Waals surface area contributed by atoms with E-state index in [0.29, 0.717) is 12.4 Å². The van der Waals surface area contributed by atoms with E-state index in [1.54, 1.807) is 6.20 Å². The van der Waals surface area contributed by atoms with Gasteiger partial charge in [0.2, 0.25) is 5.88 Å². The average Bonchev–Trinajstić information content (AvgIpc) is 2.40. The molecule has 106 valence electrons. The van der Waals surface area contributed by atoms with Gasteiger partial charge in [-0.1, -0.05) is 44.5 Å². The third kappa shape index (κ3) is 3.17. The van der Waals surface area contributed by atoms with Crippen LogP contribution in [0.25, 0.3) is 0 Å². The van der Waals surface area contributed by atoms with Crippen LogP contribution in [0.1, 0.15) is 37.5 Å². The van der Waals surface area contributed by atoms with Gasteiger partial charge in [0.05, 0.1) is 0 Å². The van der Waals surface area contributed by atoms with E-state index in [0.717, 1.165) is 11.3 Å². The highest BCUT2D eigenvalue weighted by atomic mass is 16.5. The predicted octanol–water partition coefficient (Wildman–Crippen LogP) is 3.94. The summed E-state index contributed by atoms with van der Waals surface area (Å²) in [5.74, 6) is 1.43. The maximum atomic E-state index is 6.02. The minimum atomic E-state index is 0.0129. The summed E-state index contributed by atoms with van der Waals surface area (Å²) in [5, 5.41) is 0. The maximum absolute atomic E-state index is 6.02. The third-order valence-electron chi connectivity index (χ3n) is 3.22. The Balaban J connectivity index is 2.44. The van der Waals surface area contributed by atoms with Gasteiger partial charge in [-0.2, -0.15) is 0 Å². The molecule has 2 aromatic rings. The first-order chi connectivity index (χ1) is 9.41. The molecule has 0 bridgehead atoms. The summed E-state index contributed by atoms with van der Waals surface area (Å²) in [6, 6.07) is 10.0. The molecule has 0 atom stereocenters.